The maximum Gasteiger partial charge on any atom is 0.336 e. The molecule has 1 saturated carbocycles. The van der Waals surface area contributed by atoms with Crippen molar-refractivity contribution in [2.45, 2.75) is 19.3 Å². The van der Waals surface area contributed by atoms with E-state index in [0.29, 0.717) is 16.8 Å². The Morgan fingerprint density at radius 1 is 1.50 bits per heavy atom. The Bertz CT molecular complexity index is 399. The van der Waals surface area contributed by atoms with E-state index in [2.05, 4.69) is 15.9 Å². The standard InChI is InChI=1S/C12H13BrO3/c13-11-4-3-9(7-10(11)12(14)15)16-6-5-8-1-2-8/h3-4,7-8H,1-2,5-6H2,(H,14,15). The van der Waals surface area contributed by atoms with Crippen molar-refractivity contribution in [2.75, 3.05) is 6.61 Å². The van der Waals surface area contributed by atoms with Crippen molar-refractivity contribution in [2.24, 2.45) is 5.92 Å². The number of aromatic carboxylic acids is 1. The highest BCUT2D eigenvalue weighted by atomic mass is 79.9. The number of carboxylic acids is 1. The number of benzene rings is 1. The molecule has 0 bridgehead atoms. The first-order valence-corrected chi connectivity index (χ1v) is 6.12. The van der Waals surface area contributed by atoms with Gasteiger partial charge in [-0.15, -0.1) is 0 Å². The van der Waals surface area contributed by atoms with E-state index in [1.54, 1.807) is 18.2 Å². The molecule has 1 fully saturated rings. The summed E-state index contributed by atoms with van der Waals surface area (Å²) in [6.07, 6.45) is 3.69. The molecule has 0 unspecified atom stereocenters. The molecule has 16 heavy (non-hydrogen) atoms. The van der Waals surface area contributed by atoms with Crippen LogP contribution in [-0.2, 0) is 0 Å². The molecule has 0 amide bonds. The van der Waals surface area contributed by atoms with Crippen molar-refractivity contribution in [1.29, 1.82) is 0 Å². The number of carbonyl (C=O) groups is 1. The van der Waals surface area contributed by atoms with Gasteiger partial charge in [-0.25, -0.2) is 4.79 Å². The summed E-state index contributed by atoms with van der Waals surface area (Å²) in [7, 11) is 0. The van der Waals surface area contributed by atoms with Crippen LogP contribution >= 0.6 is 15.9 Å². The molecule has 0 saturated heterocycles. The third-order valence-electron chi connectivity index (χ3n) is 2.66. The van der Waals surface area contributed by atoms with Gasteiger partial charge in [0, 0.05) is 4.47 Å². The van der Waals surface area contributed by atoms with E-state index in [4.69, 9.17) is 9.84 Å². The predicted octanol–water partition coefficient (Wildman–Crippen LogP) is 3.33. The van der Waals surface area contributed by atoms with Gasteiger partial charge in [-0.05, 0) is 46.5 Å². The average Bonchev–Trinajstić information content (AvgIpc) is 3.04. The highest BCUT2D eigenvalue weighted by Gasteiger charge is 2.20. The molecule has 0 radical (unpaired) electrons. The second-order valence-electron chi connectivity index (χ2n) is 4.03. The van der Waals surface area contributed by atoms with Gasteiger partial charge in [0.25, 0.3) is 0 Å². The summed E-state index contributed by atoms with van der Waals surface area (Å²) in [5.41, 5.74) is 0.240. The van der Waals surface area contributed by atoms with Crippen LogP contribution in [0.3, 0.4) is 0 Å². The first-order chi connectivity index (χ1) is 7.66. The second-order valence-corrected chi connectivity index (χ2v) is 4.88. The molecule has 0 aliphatic heterocycles. The summed E-state index contributed by atoms with van der Waals surface area (Å²) < 4.78 is 6.10. The van der Waals surface area contributed by atoms with Crippen LogP contribution in [0.25, 0.3) is 0 Å². The van der Waals surface area contributed by atoms with Crippen LogP contribution in [0, 0.1) is 5.92 Å². The molecule has 0 atom stereocenters. The fourth-order valence-corrected chi connectivity index (χ4v) is 1.92. The fraction of sp³-hybridized carbons (Fsp3) is 0.417. The first-order valence-electron chi connectivity index (χ1n) is 5.32. The Morgan fingerprint density at radius 3 is 2.88 bits per heavy atom. The lowest BCUT2D eigenvalue weighted by Gasteiger charge is -2.07. The van der Waals surface area contributed by atoms with Crippen molar-refractivity contribution in [1.82, 2.24) is 0 Å². The molecule has 1 aliphatic rings. The molecule has 2 rings (SSSR count). The monoisotopic (exact) mass is 284 g/mol. The Balaban J connectivity index is 1.97. The van der Waals surface area contributed by atoms with E-state index in [-0.39, 0.29) is 5.56 Å². The summed E-state index contributed by atoms with van der Waals surface area (Å²) in [5.74, 6) is 0.509. The lowest BCUT2D eigenvalue weighted by molar-refractivity contribution is 0.0695. The Kier molecular flexibility index (Phi) is 3.49. The maximum absolute atomic E-state index is 10.9. The van der Waals surface area contributed by atoms with Crippen LogP contribution in [0.5, 0.6) is 5.75 Å². The van der Waals surface area contributed by atoms with Crippen LogP contribution in [-0.4, -0.2) is 17.7 Å². The van der Waals surface area contributed by atoms with E-state index in [1.807, 2.05) is 0 Å². The zero-order valence-electron chi connectivity index (χ0n) is 8.78. The normalized spacial score (nSPS) is 14.8. The summed E-state index contributed by atoms with van der Waals surface area (Å²) in [6, 6.07) is 5.04. The molecule has 0 aromatic heterocycles. The molecule has 1 aliphatic carbocycles. The van der Waals surface area contributed by atoms with E-state index in [9.17, 15) is 4.79 Å². The lowest BCUT2D eigenvalue weighted by Crippen LogP contribution is -2.01. The van der Waals surface area contributed by atoms with E-state index in [1.165, 1.54) is 12.8 Å². The van der Waals surface area contributed by atoms with Gasteiger partial charge in [-0.1, -0.05) is 12.8 Å². The average molecular weight is 285 g/mol. The van der Waals surface area contributed by atoms with E-state index in [0.717, 1.165) is 12.3 Å². The van der Waals surface area contributed by atoms with Crippen molar-refractivity contribution in [3.05, 3.63) is 28.2 Å². The molecular weight excluding hydrogens is 272 g/mol. The van der Waals surface area contributed by atoms with Gasteiger partial charge in [0.15, 0.2) is 0 Å². The van der Waals surface area contributed by atoms with Crippen LogP contribution in [0.2, 0.25) is 0 Å². The molecule has 4 heteroatoms. The summed E-state index contributed by atoms with van der Waals surface area (Å²) in [5, 5.41) is 8.93. The molecule has 0 spiro atoms. The summed E-state index contributed by atoms with van der Waals surface area (Å²) in [6.45, 7) is 0.672. The van der Waals surface area contributed by atoms with Gasteiger partial charge in [0.05, 0.1) is 12.2 Å². The smallest absolute Gasteiger partial charge is 0.336 e. The highest BCUT2D eigenvalue weighted by Crippen LogP contribution is 2.32. The quantitative estimate of drug-likeness (QED) is 0.902. The van der Waals surface area contributed by atoms with Gasteiger partial charge in [-0.2, -0.15) is 0 Å². The molecular formula is C12H13BrO3. The van der Waals surface area contributed by atoms with Crippen molar-refractivity contribution in [3.8, 4) is 5.75 Å². The zero-order chi connectivity index (χ0) is 11.5. The van der Waals surface area contributed by atoms with Gasteiger partial charge < -0.3 is 9.84 Å². The Hall–Kier alpha value is -1.03. The lowest BCUT2D eigenvalue weighted by atomic mass is 10.2. The van der Waals surface area contributed by atoms with E-state index >= 15 is 0 Å². The topological polar surface area (TPSA) is 46.5 Å². The maximum atomic E-state index is 10.9. The van der Waals surface area contributed by atoms with Crippen molar-refractivity contribution in [3.63, 3.8) is 0 Å². The largest absolute Gasteiger partial charge is 0.494 e. The highest BCUT2D eigenvalue weighted by molar-refractivity contribution is 9.10. The minimum absolute atomic E-state index is 0.240. The second kappa shape index (κ2) is 4.87. The first kappa shape index (κ1) is 11.5. The number of rotatable bonds is 5. The van der Waals surface area contributed by atoms with Gasteiger partial charge in [0.1, 0.15) is 5.75 Å². The minimum Gasteiger partial charge on any atom is -0.494 e. The Labute approximate surface area is 103 Å². The molecule has 0 heterocycles. The van der Waals surface area contributed by atoms with Gasteiger partial charge >= 0.3 is 5.97 Å². The molecule has 1 N–H and O–H groups in total. The van der Waals surface area contributed by atoms with Crippen LogP contribution < -0.4 is 4.74 Å². The zero-order valence-corrected chi connectivity index (χ0v) is 10.4. The number of carboxylic acid groups (broad SMARTS) is 1. The third-order valence-corrected chi connectivity index (χ3v) is 3.35. The number of halogens is 1. The van der Waals surface area contributed by atoms with Crippen LogP contribution in [0.15, 0.2) is 22.7 Å². The number of hydrogen-bond acceptors (Lipinski definition) is 2. The molecule has 1 aromatic carbocycles. The SMILES string of the molecule is O=C(O)c1cc(OCCC2CC2)ccc1Br. The third kappa shape index (κ3) is 2.98. The van der Waals surface area contributed by atoms with Crippen molar-refractivity contribution >= 4 is 21.9 Å². The molecule has 86 valence electrons. The van der Waals surface area contributed by atoms with Gasteiger partial charge in [-0.3, -0.25) is 0 Å². The van der Waals surface area contributed by atoms with Crippen LogP contribution in [0.4, 0.5) is 0 Å². The Morgan fingerprint density at radius 2 is 2.25 bits per heavy atom. The van der Waals surface area contributed by atoms with Crippen LogP contribution in [0.1, 0.15) is 29.6 Å². The molecule has 1 aromatic rings. The van der Waals surface area contributed by atoms with Gasteiger partial charge in [0.2, 0.25) is 0 Å². The number of ether oxygens (including phenoxy) is 1. The predicted molar refractivity (Wildman–Crippen MR) is 63.9 cm³/mol. The summed E-state index contributed by atoms with van der Waals surface area (Å²) >= 11 is 3.20. The fourth-order valence-electron chi connectivity index (χ4n) is 1.51. The van der Waals surface area contributed by atoms with Crippen molar-refractivity contribution < 1.29 is 14.6 Å². The summed E-state index contributed by atoms with van der Waals surface area (Å²) in [4.78, 5) is 10.9. The van der Waals surface area contributed by atoms with E-state index < -0.39 is 5.97 Å². The number of hydrogen-bond donors (Lipinski definition) is 1. The molecule has 3 nitrogen and oxygen atoms in total. The minimum atomic E-state index is -0.945.